The number of hydrogen-bond acceptors (Lipinski definition) is 5. The van der Waals surface area contributed by atoms with Crippen LogP contribution in [0.3, 0.4) is 0 Å². The predicted molar refractivity (Wildman–Crippen MR) is 88.7 cm³/mol. The fraction of sp³-hybridized carbons (Fsp3) is 0.400. The number of carbonyl (C=O) groups is 1. The third-order valence-corrected chi connectivity index (χ3v) is 6.08. The Bertz CT molecular complexity index is 1020. The number of hydrogen-bond donors (Lipinski definition) is 1. The molecule has 2 aromatic rings. The molecule has 1 aliphatic rings. The van der Waals surface area contributed by atoms with Crippen LogP contribution in [0.2, 0.25) is 0 Å². The van der Waals surface area contributed by atoms with Gasteiger partial charge in [-0.25, -0.2) is 13.2 Å². The molecular formula is C15H17N3O5S. The molecule has 8 nitrogen and oxygen atoms in total. The summed E-state index contributed by atoms with van der Waals surface area (Å²) in [4.78, 5) is 40.7. The van der Waals surface area contributed by atoms with Crippen molar-refractivity contribution >= 4 is 26.6 Å². The van der Waals surface area contributed by atoms with E-state index < -0.39 is 39.6 Å². The molecule has 3 rings (SSSR count). The van der Waals surface area contributed by atoms with Crippen LogP contribution in [-0.2, 0) is 21.2 Å². The van der Waals surface area contributed by atoms with Crippen LogP contribution in [0.25, 0.3) is 10.9 Å². The number of aromatic amines is 1. The van der Waals surface area contributed by atoms with Crippen LogP contribution >= 0.6 is 0 Å². The Morgan fingerprint density at radius 3 is 2.71 bits per heavy atom. The lowest BCUT2D eigenvalue weighted by molar-refractivity contribution is -0.132. The molecule has 1 fully saturated rings. The molecule has 1 aliphatic heterocycles. The number of benzene rings is 1. The molecule has 1 amide bonds. The molecular weight excluding hydrogens is 334 g/mol. The summed E-state index contributed by atoms with van der Waals surface area (Å²) in [5.41, 5.74) is -0.805. The van der Waals surface area contributed by atoms with E-state index in [0.717, 1.165) is 4.57 Å². The summed E-state index contributed by atoms with van der Waals surface area (Å²) < 4.78 is 23.9. The van der Waals surface area contributed by atoms with Gasteiger partial charge >= 0.3 is 5.69 Å². The first-order chi connectivity index (χ1) is 11.3. The second-order valence-electron chi connectivity index (χ2n) is 5.93. The van der Waals surface area contributed by atoms with Crippen LogP contribution in [-0.4, -0.2) is 53.4 Å². The van der Waals surface area contributed by atoms with Gasteiger partial charge in [-0.15, -0.1) is 0 Å². The lowest BCUT2D eigenvalue weighted by Crippen LogP contribution is -2.44. The molecule has 1 saturated heterocycles. The van der Waals surface area contributed by atoms with Crippen LogP contribution < -0.4 is 11.2 Å². The fourth-order valence-corrected chi connectivity index (χ4v) is 4.65. The van der Waals surface area contributed by atoms with Crippen LogP contribution in [0.4, 0.5) is 0 Å². The molecule has 0 bridgehead atoms. The number of nitrogens with one attached hydrogen (secondary N) is 1. The summed E-state index contributed by atoms with van der Waals surface area (Å²) in [5.74, 6) is -0.510. The largest absolute Gasteiger partial charge is 0.340 e. The molecule has 1 aromatic heterocycles. The summed E-state index contributed by atoms with van der Waals surface area (Å²) in [6.07, 6.45) is 0.369. The van der Waals surface area contributed by atoms with Crippen molar-refractivity contribution in [2.75, 3.05) is 18.6 Å². The van der Waals surface area contributed by atoms with E-state index in [2.05, 4.69) is 4.98 Å². The van der Waals surface area contributed by atoms with E-state index in [1.807, 2.05) is 0 Å². The molecule has 0 radical (unpaired) electrons. The normalized spacial score (nSPS) is 19.5. The second-order valence-corrected chi connectivity index (χ2v) is 8.16. The third kappa shape index (κ3) is 2.99. The number of H-pyrrole nitrogens is 1. The van der Waals surface area contributed by atoms with Crippen molar-refractivity contribution in [3.8, 4) is 0 Å². The monoisotopic (exact) mass is 351 g/mol. The van der Waals surface area contributed by atoms with Gasteiger partial charge in [0.1, 0.15) is 6.54 Å². The highest BCUT2D eigenvalue weighted by Crippen LogP contribution is 2.16. The van der Waals surface area contributed by atoms with Crippen molar-refractivity contribution < 1.29 is 13.2 Å². The zero-order valence-corrected chi connectivity index (χ0v) is 13.9. The number of para-hydroxylation sites is 1. The first kappa shape index (κ1) is 16.4. The van der Waals surface area contributed by atoms with Crippen molar-refractivity contribution in [3.63, 3.8) is 0 Å². The topological polar surface area (TPSA) is 109 Å². The Balaban J connectivity index is 1.88. The first-order valence-corrected chi connectivity index (χ1v) is 9.28. The molecule has 2 heterocycles. The molecule has 0 saturated carbocycles. The Kier molecular flexibility index (Phi) is 4.04. The number of carbonyl (C=O) groups excluding carboxylic acids is 1. The van der Waals surface area contributed by atoms with Gasteiger partial charge in [0.05, 0.1) is 22.4 Å². The van der Waals surface area contributed by atoms with Crippen LogP contribution in [0, 0.1) is 0 Å². The average Bonchev–Trinajstić information content (AvgIpc) is 2.90. The van der Waals surface area contributed by atoms with E-state index in [-0.39, 0.29) is 11.5 Å². The molecule has 1 unspecified atom stereocenters. The van der Waals surface area contributed by atoms with Crippen molar-refractivity contribution in [1.82, 2.24) is 14.5 Å². The van der Waals surface area contributed by atoms with Crippen molar-refractivity contribution in [2.24, 2.45) is 0 Å². The fourth-order valence-electron chi connectivity index (χ4n) is 2.87. The molecule has 0 aliphatic carbocycles. The summed E-state index contributed by atoms with van der Waals surface area (Å²) in [5, 5.41) is 0.316. The first-order valence-electron chi connectivity index (χ1n) is 7.46. The Hall–Kier alpha value is -2.42. The third-order valence-electron chi connectivity index (χ3n) is 4.33. The highest BCUT2D eigenvalue weighted by molar-refractivity contribution is 7.91. The number of amides is 1. The highest BCUT2D eigenvalue weighted by Gasteiger charge is 2.32. The minimum absolute atomic E-state index is 0.0474. The quantitative estimate of drug-likeness (QED) is 0.789. The van der Waals surface area contributed by atoms with Crippen molar-refractivity contribution in [1.29, 1.82) is 0 Å². The maximum Gasteiger partial charge on any atom is 0.329 e. The molecule has 1 atom stereocenters. The van der Waals surface area contributed by atoms with E-state index in [1.54, 1.807) is 24.3 Å². The molecule has 24 heavy (non-hydrogen) atoms. The van der Waals surface area contributed by atoms with E-state index >= 15 is 0 Å². The number of nitrogens with zero attached hydrogens (tertiary/aromatic N) is 2. The van der Waals surface area contributed by atoms with Gasteiger partial charge in [-0.2, -0.15) is 0 Å². The number of likely N-dealkylation sites (N-methyl/N-ethyl adjacent to an activating group) is 1. The van der Waals surface area contributed by atoms with Gasteiger partial charge in [0.2, 0.25) is 5.91 Å². The van der Waals surface area contributed by atoms with Crippen LogP contribution in [0.15, 0.2) is 33.9 Å². The molecule has 9 heteroatoms. The van der Waals surface area contributed by atoms with Gasteiger partial charge in [-0.1, -0.05) is 12.1 Å². The van der Waals surface area contributed by atoms with E-state index in [0.29, 0.717) is 17.3 Å². The second kappa shape index (κ2) is 5.90. The zero-order chi connectivity index (χ0) is 17.5. The Labute approximate surface area is 137 Å². The molecule has 1 N–H and O–H groups in total. The number of sulfone groups is 1. The van der Waals surface area contributed by atoms with Crippen molar-refractivity contribution in [2.45, 2.75) is 19.0 Å². The maximum atomic E-state index is 12.4. The Morgan fingerprint density at radius 1 is 1.33 bits per heavy atom. The van der Waals surface area contributed by atoms with Gasteiger partial charge in [-0.05, 0) is 18.6 Å². The van der Waals surface area contributed by atoms with Gasteiger partial charge in [0.15, 0.2) is 9.84 Å². The SMILES string of the molecule is CN(C(=O)Cn1c(=O)[nH]c2ccccc2c1=O)C1CCS(=O)(=O)C1. The van der Waals surface area contributed by atoms with E-state index in [4.69, 9.17) is 0 Å². The predicted octanol–water partition coefficient (Wildman–Crippen LogP) is -0.665. The van der Waals surface area contributed by atoms with Crippen LogP contribution in [0.5, 0.6) is 0 Å². The van der Waals surface area contributed by atoms with E-state index in [9.17, 15) is 22.8 Å². The van der Waals surface area contributed by atoms with Gasteiger partial charge in [0, 0.05) is 13.1 Å². The summed E-state index contributed by atoms with van der Waals surface area (Å²) in [6.45, 7) is -0.425. The standard InChI is InChI=1S/C15H17N3O5S/c1-17(10-6-7-24(22,23)9-10)13(19)8-18-14(20)11-4-2-3-5-12(11)16-15(18)21/h2-5,10H,6-9H2,1H3,(H,16,21). The van der Waals surface area contributed by atoms with Gasteiger partial charge in [0.25, 0.3) is 5.56 Å². The highest BCUT2D eigenvalue weighted by atomic mass is 32.2. The van der Waals surface area contributed by atoms with E-state index in [1.165, 1.54) is 11.9 Å². The minimum atomic E-state index is -3.12. The average molecular weight is 351 g/mol. The summed E-state index contributed by atoms with van der Waals surface area (Å²) in [6, 6.07) is 6.13. The van der Waals surface area contributed by atoms with Gasteiger partial charge in [-0.3, -0.25) is 14.2 Å². The number of rotatable bonds is 3. The molecule has 1 aromatic carbocycles. The maximum absolute atomic E-state index is 12.4. The van der Waals surface area contributed by atoms with Crippen molar-refractivity contribution in [3.05, 3.63) is 45.1 Å². The lowest BCUT2D eigenvalue weighted by atomic mass is 10.2. The Morgan fingerprint density at radius 2 is 2.04 bits per heavy atom. The van der Waals surface area contributed by atoms with Gasteiger partial charge < -0.3 is 9.88 Å². The summed E-state index contributed by atoms with van der Waals surface area (Å²) >= 11 is 0. The molecule has 0 spiro atoms. The summed E-state index contributed by atoms with van der Waals surface area (Å²) in [7, 11) is -1.63. The lowest BCUT2D eigenvalue weighted by Gasteiger charge is -2.23. The minimum Gasteiger partial charge on any atom is -0.340 e. The number of aromatic nitrogens is 2. The zero-order valence-electron chi connectivity index (χ0n) is 13.1. The number of fused-ring (bicyclic) bond motifs is 1. The smallest absolute Gasteiger partial charge is 0.329 e. The van der Waals surface area contributed by atoms with Crippen LogP contribution in [0.1, 0.15) is 6.42 Å². The molecule has 128 valence electrons.